The zero-order valence-corrected chi connectivity index (χ0v) is 15.8. The topological polar surface area (TPSA) is 48.1 Å². The van der Waals surface area contributed by atoms with E-state index in [4.69, 9.17) is 24.4 Å². The zero-order valence-electron chi connectivity index (χ0n) is 13.3. The van der Waals surface area contributed by atoms with Crippen LogP contribution in [0, 0.1) is 6.92 Å². The molecule has 0 amide bonds. The van der Waals surface area contributed by atoms with Crippen LogP contribution in [0.3, 0.4) is 0 Å². The van der Waals surface area contributed by atoms with Crippen molar-refractivity contribution >= 4 is 52.1 Å². The summed E-state index contributed by atoms with van der Waals surface area (Å²) >= 11 is 12.2. The Kier molecular flexibility index (Phi) is 7.81. The van der Waals surface area contributed by atoms with Gasteiger partial charge in [-0.2, -0.15) is 0 Å². The molecule has 0 saturated carbocycles. The highest BCUT2D eigenvalue weighted by Crippen LogP contribution is 2.15. The molecule has 0 aliphatic heterocycles. The maximum absolute atomic E-state index is 5.22. The highest BCUT2D eigenvalue weighted by atomic mass is 32.2. The number of thiocarbonyl (C=S) groups is 2. The second-order valence-electron chi connectivity index (χ2n) is 4.99. The Morgan fingerprint density at radius 2 is 1.71 bits per heavy atom. The van der Waals surface area contributed by atoms with E-state index in [0.717, 1.165) is 18.0 Å². The quantitative estimate of drug-likeness (QED) is 0.276. The third-order valence-corrected chi connectivity index (χ3v) is 4.43. The van der Waals surface area contributed by atoms with Gasteiger partial charge in [0.15, 0.2) is 10.2 Å². The van der Waals surface area contributed by atoms with E-state index in [0.29, 0.717) is 10.2 Å². The number of thioether (sulfide) groups is 1. The molecule has 0 spiro atoms. The monoisotopic (exact) mass is 376 g/mol. The van der Waals surface area contributed by atoms with E-state index in [9.17, 15) is 0 Å². The highest BCUT2D eigenvalue weighted by molar-refractivity contribution is 7.99. The molecule has 0 unspecified atom stereocenters. The van der Waals surface area contributed by atoms with Gasteiger partial charge in [0.25, 0.3) is 0 Å². The predicted octanol–water partition coefficient (Wildman–Crippen LogP) is 3.45. The molecule has 0 saturated heterocycles. The van der Waals surface area contributed by atoms with E-state index in [1.54, 1.807) is 11.8 Å². The Balaban J connectivity index is 1.59. The maximum Gasteiger partial charge on any atom is 0.189 e. The van der Waals surface area contributed by atoms with Gasteiger partial charge in [0.05, 0.1) is 0 Å². The van der Waals surface area contributed by atoms with Crippen LogP contribution >= 0.6 is 36.2 Å². The van der Waals surface area contributed by atoms with E-state index in [1.807, 2.05) is 49.4 Å². The lowest BCUT2D eigenvalue weighted by atomic mass is 10.2. The number of hydrazine groups is 1. The summed E-state index contributed by atoms with van der Waals surface area (Å²) in [5, 5.41) is 7.20. The van der Waals surface area contributed by atoms with Crippen LogP contribution in [0.1, 0.15) is 5.56 Å². The Bertz CT molecular complexity index is 677. The molecule has 7 heteroatoms. The summed E-state index contributed by atoms with van der Waals surface area (Å²) in [6, 6.07) is 18.3. The second-order valence-corrected chi connectivity index (χ2v) is 6.98. The van der Waals surface area contributed by atoms with Crippen LogP contribution in [-0.2, 0) is 0 Å². The van der Waals surface area contributed by atoms with E-state index in [2.05, 4.69) is 33.6 Å². The van der Waals surface area contributed by atoms with Gasteiger partial charge >= 0.3 is 0 Å². The van der Waals surface area contributed by atoms with Crippen molar-refractivity contribution in [2.24, 2.45) is 0 Å². The number of anilines is 1. The number of aryl methyl sites for hydroxylation is 1. The average molecular weight is 377 g/mol. The van der Waals surface area contributed by atoms with Crippen molar-refractivity contribution in [3.8, 4) is 0 Å². The van der Waals surface area contributed by atoms with Gasteiger partial charge in [-0.15, -0.1) is 11.8 Å². The summed E-state index contributed by atoms with van der Waals surface area (Å²) in [4.78, 5) is 1.25. The molecule has 4 nitrogen and oxygen atoms in total. The minimum Gasteiger partial charge on any atom is -0.361 e. The smallest absolute Gasteiger partial charge is 0.189 e. The first-order valence-electron chi connectivity index (χ1n) is 7.49. The molecule has 126 valence electrons. The lowest BCUT2D eigenvalue weighted by Gasteiger charge is -2.14. The molecule has 0 bridgehead atoms. The lowest BCUT2D eigenvalue weighted by Crippen LogP contribution is -2.48. The van der Waals surface area contributed by atoms with Crippen LogP contribution in [-0.4, -0.2) is 22.5 Å². The van der Waals surface area contributed by atoms with Crippen LogP contribution < -0.4 is 21.5 Å². The molecule has 4 N–H and O–H groups in total. The van der Waals surface area contributed by atoms with Crippen LogP contribution in [0.2, 0.25) is 0 Å². The molecule has 2 aromatic rings. The molecule has 2 rings (SSSR count). The van der Waals surface area contributed by atoms with Gasteiger partial charge in [-0.3, -0.25) is 10.9 Å². The second kappa shape index (κ2) is 10.1. The lowest BCUT2D eigenvalue weighted by molar-refractivity contribution is 0.828. The van der Waals surface area contributed by atoms with E-state index >= 15 is 0 Å². The molecule has 0 fully saturated rings. The molecule has 0 radical (unpaired) electrons. The fourth-order valence-corrected chi connectivity index (χ4v) is 3.00. The van der Waals surface area contributed by atoms with Crippen molar-refractivity contribution in [2.45, 2.75) is 11.8 Å². The summed E-state index contributed by atoms with van der Waals surface area (Å²) in [5.41, 5.74) is 7.85. The largest absolute Gasteiger partial charge is 0.361 e. The Labute approximate surface area is 157 Å². The molecule has 0 atom stereocenters. The minimum atomic E-state index is 0.461. The van der Waals surface area contributed by atoms with Gasteiger partial charge < -0.3 is 10.6 Å². The van der Waals surface area contributed by atoms with Gasteiger partial charge in [0.1, 0.15) is 0 Å². The Morgan fingerprint density at radius 3 is 2.46 bits per heavy atom. The normalized spacial score (nSPS) is 9.88. The first-order chi connectivity index (χ1) is 11.6. The number of rotatable bonds is 5. The fraction of sp³-hybridized carbons (Fsp3) is 0.176. The molecule has 2 aromatic carbocycles. The average Bonchev–Trinajstić information content (AvgIpc) is 2.58. The van der Waals surface area contributed by atoms with Crippen LogP contribution in [0.25, 0.3) is 0 Å². The minimum absolute atomic E-state index is 0.461. The van der Waals surface area contributed by atoms with Gasteiger partial charge in [0, 0.05) is 22.9 Å². The van der Waals surface area contributed by atoms with E-state index in [1.165, 1.54) is 10.5 Å². The van der Waals surface area contributed by atoms with Gasteiger partial charge in [-0.05, 0) is 61.2 Å². The van der Waals surface area contributed by atoms with Crippen LogP contribution in [0.5, 0.6) is 0 Å². The first-order valence-corrected chi connectivity index (χ1v) is 9.29. The summed E-state index contributed by atoms with van der Waals surface area (Å²) in [5.74, 6) is 0.928. The SMILES string of the molecule is Cc1cccc(NC(=S)NNC(=S)NCCSc2ccccc2)c1. The van der Waals surface area contributed by atoms with Crippen molar-refractivity contribution in [3.63, 3.8) is 0 Å². The molecule has 0 aromatic heterocycles. The fourth-order valence-electron chi connectivity index (χ4n) is 1.89. The van der Waals surface area contributed by atoms with Crippen LogP contribution in [0.4, 0.5) is 5.69 Å². The number of hydrogen-bond acceptors (Lipinski definition) is 3. The van der Waals surface area contributed by atoms with Crippen molar-refractivity contribution in [1.82, 2.24) is 16.2 Å². The Hall–Kier alpha value is -1.83. The molecule has 0 aliphatic rings. The van der Waals surface area contributed by atoms with Crippen molar-refractivity contribution < 1.29 is 0 Å². The number of nitrogens with one attached hydrogen (secondary N) is 4. The first kappa shape index (κ1) is 18.5. The van der Waals surface area contributed by atoms with E-state index in [-0.39, 0.29) is 0 Å². The zero-order chi connectivity index (χ0) is 17.2. The van der Waals surface area contributed by atoms with Gasteiger partial charge in [-0.1, -0.05) is 30.3 Å². The van der Waals surface area contributed by atoms with E-state index < -0.39 is 0 Å². The predicted molar refractivity (Wildman–Crippen MR) is 111 cm³/mol. The summed E-state index contributed by atoms with van der Waals surface area (Å²) < 4.78 is 0. The molecular formula is C17H20N4S3. The van der Waals surface area contributed by atoms with Crippen molar-refractivity contribution in [2.75, 3.05) is 17.6 Å². The van der Waals surface area contributed by atoms with Crippen molar-refractivity contribution in [3.05, 3.63) is 60.2 Å². The molecule has 0 heterocycles. The molecule has 24 heavy (non-hydrogen) atoms. The maximum atomic E-state index is 5.22. The molecule has 0 aliphatic carbocycles. The third-order valence-electron chi connectivity index (χ3n) is 2.97. The molecular weight excluding hydrogens is 356 g/mol. The van der Waals surface area contributed by atoms with Gasteiger partial charge in [-0.25, -0.2) is 0 Å². The number of benzene rings is 2. The standard InChI is InChI=1S/C17H20N4S3/c1-13-6-5-7-14(12-13)19-17(23)21-20-16(22)18-10-11-24-15-8-3-2-4-9-15/h2-9,12H,10-11H2,1H3,(H2,18,20,22)(H2,19,21,23). The van der Waals surface area contributed by atoms with Gasteiger partial charge in [0.2, 0.25) is 0 Å². The van der Waals surface area contributed by atoms with Crippen LogP contribution in [0.15, 0.2) is 59.5 Å². The highest BCUT2D eigenvalue weighted by Gasteiger charge is 1.99. The summed E-state index contributed by atoms with van der Waals surface area (Å²) in [7, 11) is 0. The third kappa shape index (κ3) is 7.16. The summed E-state index contributed by atoms with van der Waals surface area (Å²) in [6.07, 6.45) is 0. The number of hydrogen-bond donors (Lipinski definition) is 4. The Morgan fingerprint density at radius 1 is 0.958 bits per heavy atom. The summed E-state index contributed by atoms with van der Waals surface area (Å²) in [6.45, 7) is 2.80. The van der Waals surface area contributed by atoms with Crippen molar-refractivity contribution in [1.29, 1.82) is 0 Å².